The lowest BCUT2D eigenvalue weighted by Gasteiger charge is -2.15. The normalized spacial score (nSPS) is 39.8. The predicted octanol–water partition coefficient (Wildman–Crippen LogP) is -0.318. The van der Waals surface area contributed by atoms with E-state index in [0.717, 1.165) is 0 Å². The molecule has 0 aliphatic carbocycles. The zero-order valence-electron chi connectivity index (χ0n) is 4.69. The van der Waals surface area contributed by atoms with E-state index in [-0.39, 0.29) is 12.5 Å². The minimum Gasteiger partial charge on any atom is -0.346 e. The Bertz CT molecular complexity index is 140. The molecule has 0 amide bonds. The largest absolute Gasteiger partial charge is 0.346 e. The van der Waals surface area contributed by atoms with E-state index in [1.807, 2.05) is 0 Å². The van der Waals surface area contributed by atoms with Gasteiger partial charge in [0, 0.05) is 0 Å². The smallest absolute Gasteiger partial charge is 0.207 e. The van der Waals surface area contributed by atoms with Crippen LogP contribution in [0.5, 0.6) is 0 Å². The number of nitroso groups, excluding NO2 is 1. The Hall–Kier alpha value is -0.680. The second kappa shape index (κ2) is 1.65. The van der Waals surface area contributed by atoms with Crippen molar-refractivity contribution in [1.82, 2.24) is 5.01 Å². The lowest BCUT2D eigenvalue weighted by atomic mass is 10.5. The standard InChI is InChI=1S/C4H6N2O3/c7-5-6-1-2-8-4-3(6)9-4/h3-4H,1-2H2. The minimum atomic E-state index is -0.184. The molecule has 2 rings (SSSR count). The summed E-state index contributed by atoms with van der Waals surface area (Å²) in [5, 5.41) is 4.10. The first kappa shape index (κ1) is 5.13. The van der Waals surface area contributed by atoms with Crippen molar-refractivity contribution in [3.63, 3.8) is 0 Å². The average molecular weight is 130 g/mol. The van der Waals surface area contributed by atoms with Gasteiger partial charge in [0.1, 0.15) is 0 Å². The summed E-state index contributed by atoms with van der Waals surface area (Å²) in [6.07, 6.45) is -0.368. The quantitative estimate of drug-likeness (QED) is 0.360. The molecule has 0 spiro atoms. The Morgan fingerprint density at radius 1 is 1.67 bits per heavy atom. The number of nitrogens with zero attached hydrogens (tertiary/aromatic N) is 2. The summed E-state index contributed by atoms with van der Waals surface area (Å²) in [5.41, 5.74) is 0. The fraction of sp³-hybridized carbons (Fsp3) is 1.00. The van der Waals surface area contributed by atoms with Crippen LogP contribution >= 0.6 is 0 Å². The molecule has 0 aromatic heterocycles. The molecule has 2 aliphatic heterocycles. The van der Waals surface area contributed by atoms with Gasteiger partial charge in [0.15, 0.2) is 0 Å². The van der Waals surface area contributed by atoms with Crippen molar-refractivity contribution in [3.8, 4) is 0 Å². The third-order valence-corrected chi connectivity index (χ3v) is 1.43. The van der Waals surface area contributed by atoms with E-state index in [0.29, 0.717) is 13.2 Å². The van der Waals surface area contributed by atoms with E-state index < -0.39 is 0 Å². The van der Waals surface area contributed by atoms with E-state index in [2.05, 4.69) is 5.29 Å². The van der Waals surface area contributed by atoms with E-state index in [4.69, 9.17) is 9.47 Å². The zero-order chi connectivity index (χ0) is 6.27. The predicted molar refractivity (Wildman–Crippen MR) is 27.1 cm³/mol. The van der Waals surface area contributed by atoms with Crippen LogP contribution in [-0.4, -0.2) is 30.7 Å². The monoisotopic (exact) mass is 130 g/mol. The van der Waals surface area contributed by atoms with Crippen LogP contribution in [0.2, 0.25) is 0 Å². The summed E-state index contributed by atoms with van der Waals surface area (Å²) in [5.74, 6) is 0. The maximum atomic E-state index is 9.94. The van der Waals surface area contributed by atoms with Crippen molar-refractivity contribution in [3.05, 3.63) is 4.91 Å². The van der Waals surface area contributed by atoms with Gasteiger partial charge in [-0.05, 0) is 0 Å². The van der Waals surface area contributed by atoms with E-state index in [1.165, 1.54) is 5.01 Å². The van der Waals surface area contributed by atoms with Crippen molar-refractivity contribution in [2.75, 3.05) is 13.2 Å². The van der Waals surface area contributed by atoms with Gasteiger partial charge >= 0.3 is 0 Å². The van der Waals surface area contributed by atoms with Gasteiger partial charge in [0.05, 0.1) is 18.4 Å². The number of hydrogen-bond donors (Lipinski definition) is 0. The van der Waals surface area contributed by atoms with Crippen LogP contribution in [0.25, 0.3) is 0 Å². The van der Waals surface area contributed by atoms with Gasteiger partial charge in [-0.2, -0.15) is 0 Å². The highest BCUT2D eigenvalue weighted by molar-refractivity contribution is 4.79. The topological polar surface area (TPSA) is 54.4 Å². The molecule has 0 aromatic rings. The van der Waals surface area contributed by atoms with Gasteiger partial charge in [-0.25, -0.2) is 5.01 Å². The van der Waals surface area contributed by atoms with Crippen molar-refractivity contribution in [1.29, 1.82) is 0 Å². The third kappa shape index (κ3) is 0.691. The molecular formula is C4H6N2O3. The molecule has 0 bridgehead atoms. The molecule has 2 atom stereocenters. The number of rotatable bonds is 1. The van der Waals surface area contributed by atoms with Gasteiger partial charge in [-0.15, -0.1) is 4.91 Å². The molecule has 2 saturated heterocycles. The van der Waals surface area contributed by atoms with Gasteiger partial charge in [0.25, 0.3) is 0 Å². The molecule has 5 nitrogen and oxygen atoms in total. The van der Waals surface area contributed by atoms with Gasteiger partial charge < -0.3 is 9.47 Å². The fourth-order valence-corrected chi connectivity index (χ4v) is 0.901. The number of hydrogen-bond acceptors (Lipinski definition) is 4. The summed E-state index contributed by atoms with van der Waals surface area (Å²) in [4.78, 5) is 9.94. The van der Waals surface area contributed by atoms with Crippen LogP contribution in [-0.2, 0) is 9.47 Å². The second-order valence-electron chi connectivity index (χ2n) is 2.01. The fourth-order valence-electron chi connectivity index (χ4n) is 0.901. The van der Waals surface area contributed by atoms with Crippen molar-refractivity contribution < 1.29 is 9.47 Å². The number of fused-ring (bicyclic) bond motifs is 1. The molecule has 0 radical (unpaired) electrons. The van der Waals surface area contributed by atoms with Crippen molar-refractivity contribution in [2.24, 2.45) is 5.29 Å². The van der Waals surface area contributed by atoms with Crippen LogP contribution in [0.4, 0.5) is 0 Å². The van der Waals surface area contributed by atoms with Crippen LogP contribution in [0.15, 0.2) is 5.29 Å². The second-order valence-corrected chi connectivity index (χ2v) is 2.01. The van der Waals surface area contributed by atoms with Crippen LogP contribution < -0.4 is 0 Å². The summed E-state index contributed by atoms with van der Waals surface area (Å²) < 4.78 is 9.91. The Kier molecular flexibility index (Phi) is 0.940. The zero-order valence-corrected chi connectivity index (χ0v) is 4.69. The Labute approximate surface area is 51.5 Å². The molecular weight excluding hydrogens is 124 g/mol. The Balaban J connectivity index is 2.00. The Morgan fingerprint density at radius 3 is 3.22 bits per heavy atom. The molecule has 9 heavy (non-hydrogen) atoms. The lowest BCUT2D eigenvalue weighted by molar-refractivity contribution is 0.0207. The maximum absolute atomic E-state index is 9.94. The number of epoxide rings is 1. The Morgan fingerprint density at radius 2 is 2.56 bits per heavy atom. The maximum Gasteiger partial charge on any atom is 0.207 e. The third-order valence-electron chi connectivity index (χ3n) is 1.43. The van der Waals surface area contributed by atoms with Crippen LogP contribution in [0, 0.1) is 4.91 Å². The molecule has 0 saturated carbocycles. The molecule has 0 aromatic carbocycles. The molecule has 5 heteroatoms. The van der Waals surface area contributed by atoms with Crippen molar-refractivity contribution in [2.45, 2.75) is 12.5 Å². The number of morpholine rings is 1. The van der Waals surface area contributed by atoms with Gasteiger partial charge in [0.2, 0.25) is 12.5 Å². The van der Waals surface area contributed by atoms with Crippen molar-refractivity contribution >= 4 is 0 Å². The first-order chi connectivity index (χ1) is 4.42. The lowest BCUT2D eigenvalue weighted by Crippen LogP contribution is -2.31. The van der Waals surface area contributed by atoms with Gasteiger partial charge in [-0.1, -0.05) is 0 Å². The summed E-state index contributed by atoms with van der Waals surface area (Å²) in [6, 6.07) is 0. The molecule has 2 fully saturated rings. The SMILES string of the molecule is O=NN1CCOC2OC21. The van der Waals surface area contributed by atoms with E-state index >= 15 is 0 Å². The minimum absolute atomic E-state index is 0.184. The first-order valence-electron chi connectivity index (χ1n) is 2.79. The molecule has 2 unspecified atom stereocenters. The average Bonchev–Trinajstić information content (AvgIpc) is 2.64. The first-order valence-corrected chi connectivity index (χ1v) is 2.79. The molecule has 50 valence electrons. The highest BCUT2D eigenvalue weighted by atomic mass is 16.8. The van der Waals surface area contributed by atoms with E-state index in [9.17, 15) is 4.91 Å². The van der Waals surface area contributed by atoms with Gasteiger partial charge in [-0.3, -0.25) is 0 Å². The van der Waals surface area contributed by atoms with E-state index in [1.54, 1.807) is 0 Å². The molecule has 0 N–H and O–H groups in total. The molecule has 2 aliphatic rings. The summed E-state index contributed by atoms with van der Waals surface area (Å²) in [6.45, 7) is 1.08. The number of ether oxygens (including phenoxy) is 2. The summed E-state index contributed by atoms with van der Waals surface area (Å²) >= 11 is 0. The molecule has 2 heterocycles. The summed E-state index contributed by atoms with van der Waals surface area (Å²) in [7, 11) is 0. The highest BCUT2D eigenvalue weighted by Gasteiger charge is 2.48. The van der Waals surface area contributed by atoms with Crippen LogP contribution in [0.3, 0.4) is 0 Å². The highest BCUT2D eigenvalue weighted by Crippen LogP contribution is 2.30. The van der Waals surface area contributed by atoms with Crippen LogP contribution in [0.1, 0.15) is 0 Å².